The number of hydrogen-bond acceptors (Lipinski definition) is 6. The molecule has 0 bridgehead atoms. The fourth-order valence-corrected chi connectivity index (χ4v) is 4.03. The predicted molar refractivity (Wildman–Crippen MR) is 85.7 cm³/mol. The average molecular weight is 312 g/mol. The number of aryl methyl sites for hydroxylation is 1. The van der Waals surface area contributed by atoms with Crippen LogP contribution in [0.5, 0.6) is 0 Å². The molecule has 0 aliphatic carbocycles. The molecular weight excluding hydrogens is 288 g/mol. The molecular formula is C14H24N4O2S. The average Bonchev–Trinajstić information content (AvgIpc) is 2.43. The zero-order chi connectivity index (χ0) is 15.5. The van der Waals surface area contributed by atoms with E-state index in [0.29, 0.717) is 6.54 Å². The van der Waals surface area contributed by atoms with Crippen molar-refractivity contribution < 1.29 is 8.42 Å². The van der Waals surface area contributed by atoms with E-state index in [1.807, 2.05) is 19.9 Å². The summed E-state index contributed by atoms with van der Waals surface area (Å²) in [4.78, 5) is 11.1. The van der Waals surface area contributed by atoms with E-state index in [4.69, 9.17) is 0 Å². The van der Waals surface area contributed by atoms with Gasteiger partial charge in [-0.2, -0.15) is 0 Å². The molecule has 0 radical (unpaired) electrons. The van der Waals surface area contributed by atoms with Gasteiger partial charge in [0.25, 0.3) is 0 Å². The highest BCUT2D eigenvalue weighted by Crippen LogP contribution is 2.22. The van der Waals surface area contributed by atoms with E-state index in [1.165, 1.54) is 0 Å². The zero-order valence-electron chi connectivity index (χ0n) is 13.0. The van der Waals surface area contributed by atoms with Crippen LogP contribution < -0.4 is 10.2 Å². The summed E-state index contributed by atoms with van der Waals surface area (Å²) >= 11 is 0. The van der Waals surface area contributed by atoms with E-state index in [2.05, 4.69) is 27.1 Å². The van der Waals surface area contributed by atoms with E-state index in [0.717, 1.165) is 36.8 Å². The largest absolute Gasteiger partial charge is 0.370 e. The molecule has 2 rings (SSSR count). The minimum absolute atomic E-state index is 0.0534. The number of nitrogens with zero attached hydrogens (tertiary/aromatic N) is 3. The van der Waals surface area contributed by atoms with Gasteiger partial charge in [-0.25, -0.2) is 18.4 Å². The van der Waals surface area contributed by atoms with Gasteiger partial charge >= 0.3 is 0 Å². The zero-order valence-corrected chi connectivity index (χ0v) is 13.8. The van der Waals surface area contributed by atoms with Gasteiger partial charge in [-0.3, -0.25) is 0 Å². The Kier molecular flexibility index (Phi) is 5.03. The molecule has 1 aliphatic heterocycles. The molecule has 1 N–H and O–H groups in total. The van der Waals surface area contributed by atoms with E-state index in [-0.39, 0.29) is 17.5 Å². The quantitative estimate of drug-likeness (QED) is 0.888. The van der Waals surface area contributed by atoms with Gasteiger partial charge in [-0.1, -0.05) is 13.8 Å². The number of nitrogens with one attached hydrogen (secondary N) is 1. The van der Waals surface area contributed by atoms with Crippen molar-refractivity contribution in [1.29, 1.82) is 0 Å². The smallest absolute Gasteiger partial charge is 0.154 e. The van der Waals surface area contributed by atoms with Crippen molar-refractivity contribution in [3.05, 3.63) is 11.9 Å². The van der Waals surface area contributed by atoms with Gasteiger partial charge in [0.1, 0.15) is 17.5 Å². The third kappa shape index (κ3) is 4.06. The van der Waals surface area contributed by atoms with Gasteiger partial charge < -0.3 is 10.2 Å². The molecule has 0 spiro atoms. The predicted octanol–water partition coefficient (Wildman–Crippen LogP) is 1.48. The highest BCUT2D eigenvalue weighted by Gasteiger charge is 2.29. The van der Waals surface area contributed by atoms with E-state index < -0.39 is 9.84 Å². The topological polar surface area (TPSA) is 75.2 Å². The summed E-state index contributed by atoms with van der Waals surface area (Å²) in [6, 6.07) is 1.87. The minimum Gasteiger partial charge on any atom is -0.370 e. The van der Waals surface area contributed by atoms with E-state index >= 15 is 0 Å². The molecule has 0 aromatic carbocycles. The summed E-state index contributed by atoms with van der Waals surface area (Å²) in [5, 5.41) is 3.28. The van der Waals surface area contributed by atoms with Crippen LogP contribution in [0.25, 0.3) is 0 Å². The summed E-state index contributed by atoms with van der Waals surface area (Å²) in [5.41, 5.74) is 0. The second kappa shape index (κ2) is 6.60. The molecule has 6 nitrogen and oxygen atoms in total. The lowest BCUT2D eigenvalue weighted by Gasteiger charge is -2.34. The van der Waals surface area contributed by atoms with Crippen molar-refractivity contribution in [2.24, 2.45) is 0 Å². The molecule has 2 heterocycles. The Morgan fingerprint density at radius 2 is 2.14 bits per heavy atom. The molecule has 1 atom stereocenters. The first kappa shape index (κ1) is 16.0. The summed E-state index contributed by atoms with van der Waals surface area (Å²) < 4.78 is 23.4. The summed E-state index contributed by atoms with van der Waals surface area (Å²) in [6.07, 6.45) is 1.79. The van der Waals surface area contributed by atoms with Gasteiger partial charge in [-0.15, -0.1) is 0 Å². The second-order valence-corrected chi connectivity index (χ2v) is 7.69. The number of rotatable bonds is 5. The second-order valence-electron chi connectivity index (χ2n) is 5.46. The number of sulfone groups is 1. The van der Waals surface area contributed by atoms with Crippen LogP contribution in [0.4, 0.5) is 11.6 Å². The SMILES string of the molecule is CCCNc1cc(N2CCS(=O)(=O)CC2C)nc(CC)n1. The Bertz CT molecular complexity index is 589. The Hall–Kier alpha value is -1.37. The van der Waals surface area contributed by atoms with Crippen molar-refractivity contribution >= 4 is 21.5 Å². The van der Waals surface area contributed by atoms with Gasteiger partial charge in [-0.05, 0) is 13.3 Å². The van der Waals surface area contributed by atoms with Gasteiger partial charge in [0.15, 0.2) is 9.84 Å². The molecule has 1 aromatic heterocycles. The molecule has 1 aliphatic rings. The Morgan fingerprint density at radius 1 is 1.38 bits per heavy atom. The minimum atomic E-state index is -2.91. The first-order valence-electron chi connectivity index (χ1n) is 7.54. The molecule has 0 saturated carbocycles. The monoisotopic (exact) mass is 312 g/mol. The first-order valence-corrected chi connectivity index (χ1v) is 9.36. The Morgan fingerprint density at radius 3 is 2.76 bits per heavy atom. The molecule has 1 saturated heterocycles. The first-order chi connectivity index (χ1) is 9.95. The van der Waals surface area contributed by atoms with Gasteiger partial charge in [0, 0.05) is 31.6 Å². The standard InChI is InChI=1S/C14H24N4O2S/c1-4-6-15-13-9-14(17-12(5-2)16-13)18-7-8-21(19,20)10-11(18)3/h9,11H,4-8,10H2,1-3H3,(H,15,16,17). The lowest BCUT2D eigenvalue weighted by atomic mass is 10.3. The van der Waals surface area contributed by atoms with Crippen LogP contribution in [-0.2, 0) is 16.3 Å². The van der Waals surface area contributed by atoms with Crippen molar-refractivity contribution in [1.82, 2.24) is 9.97 Å². The number of anilines is 2. The summed E-state index contributed by atoms with van der Waals surface area (Å²) in [7, 11) is -2.91. The maximum atomic E-state index is 11.7. The lowest BCUT2D eigenvalue weighted by molar-refractivity contribution is 0.566. The van der Waals surface area contributed by atoms with Crippen molar-refractivity contribution in [2.75, 3.05) is 34.8 Å². The van der Waals surface area contributed by atoms with Crippen LogP contribution in [0.15, 0.2) is 6.07 Å². The van der Waals surface area contributed by atoms with E-state index in [1.54, 1.807) is 0 Å². The summed E-state index contributed by atoms with van der Waals surface area (Å²) in [6.45, 7) is 7.42. The molecule has 1 aromatic rings. The molecule has 1 fully saturated rings. The molecule has 7 heteroatoms. The third-order valence-electron chi connectivity index (χ3n) is 3.60. The summed E-state index contributed by atoms with van der Waals surface area (Å²) in [5.74, 6) is 2.81. The van der Waals surface area contributed by atoms with Gasteiger partial charge in [0.2, 0.25) is 0 Å². The van der Waals surface area contributed by atoms with Crippen LogP contribution in [0, 0.1) is 0 Å². The van der Waals surface area contributed by atoms with Crippen molar-refractivity contribution in [2.45, 2.75) is 39.7 Å². The molecule has 1 unspecified atom stereocenters. The van der Waals surface area contributed by atoms with E-state index in [9.17, 15) is 8.42 Å². The molecule has 0 amide bonds. The van der Waals surface area contributed by atoms with Crippen LogP contribution >= 0.6 is 0 Å². The number of hydrogen-bond donors (Lipinski definition) is 1. The number of aromatic nitrogens is 2. The Balaban J connectivity index is 2.25. The molecule has 21 heavy (non-hydrogen) atoms. The molecule has 118 valence electrons. The van der Waals surface area contributed by atoms with Gasteiger partial charge in [0.05, 0.1) is 11.5 Å². The fourth-order valence-electron chi connectivity index (χ4n) is 2.47. The highest BCUT2D eigenvalue weighted by molar-refractivity contribution is 7.91. The third-order valence-corrected chi connectivity index (χ3v) is 5.39. The normalized spacial score (nSPS) is 21.3. The maximum Gasteiger partial charge on any atom is 0.154 e. The fraction of sp³-hybridized carbons (Fsp3) is 0.714. The lowest BCUT2D eigenvalue weighted by Crippen LogP contribution is -2.47. The van der Waals surface area contributed by atoms with Crippen LogP contribution in [0.3, 0.4) is 0 Å². The van der Waals surface area contributed by atoms with Crippen LogP contribution in [0.2, 0.25) is 0 Å². The van der Waals surface area contributed by atoms with Crippen molar-refractivity contribution in [3.8, 4) is 0 Å². The highest BCUT2D eigenvalue weighted by atomic mass is 32.2. The van der Waals surface area contributed by atoms with Crippen LogP contribution in [0.1, 0.15) is 33.0 Å². The van der Waals surface area contributed by atoms with Crippen molar-refractivity contribution in [3.63, 3.8) is 0 Å². The maximum absolute atomic E-state index is 11.7. The van der Waals surface area contributed by atoms with Crippen LogP contribution in [-0.4, -0.2) is 49.0 Å². The Labute approximate surface area is 126 Å².